The molecule has 324 valence electrons. The van der Waals surface area contributed by atoms with Crippen LogP contribution in [0.5, 0.6) is 0 Å². The molecule has 3 heterocycles. The first-order valence-electron chi connectivity index (χ1n) is 23.6. The molecule has 13 aromatic rings. The molecular weight excluding hydrogens is 841 g/mol. The lowest BCUT2D eigenvalue weighted by molar-refractivity contribution is 0.661. The maximum Gasteiger partial charge on any atom is 0.160 e. The van der Waals surface area contributed by atoms with Gasteiger partial charge in [-0.15, -0.1) is 0 Å². The van der Waals surface area contributed by atoms with E-state index >= 15 is 0 Å². The van der Waals surface area contributed by atoms with E-state index in [0.717, 1.165) is 99.8 Å². The van der Waals surface area contributed by atoms with Crippen molar-refractivity contribution in [1.82, 2.24) is 9.97 Å². The molecule has 10 aromatic carbocycles. The molecular formula is C65H42N2O2. The zero-order chi connectivity index (χ0) is 45.8. The fourth-order valence-corrected chi connectivity index (χ4v) is 11.0. The summed E-state index contributed by atoms with van der Waals surface area (Å²) in [5, 5.41) is 6.87. The molecule has 0 N–H and O–H groups in total. The number of para-hydroxylation sites is 2. The molecule has 1 aliphatic rings. The van der Waals surface area contributed by atoms with Crippen LogP contribution in [0.3, 0.4) is 0 Å². The number of aromatic nitrogens is 2. The van der Waals surface area contributed by atoms with Crippen molar-refractivity contribution in [1.29, 1.82) is 0 Å². The summed E-state index contributed by atoms with van der Waals surface area (Å²) >= 11 is 0. The van der Waals surface area contributed by atoms with E-state index < -0.39 is 0 Å². The number of fused-ring (bicyclic) bond motifs is 10. The quantitative estimate of drug-likeness (QED) is 0.167. The minimum atomic E-state index is -0.171. The molecule has 0 unspecified atom stereocenters. The minimum absolute atomic E-state index is 0.171. The van der Waals surface area contributed by atoms with E-state index in [1.807, 2.05) is 30.3 Å². The van der Waals surface area contributed by atoms with Crippen LogP contribution in [0, 0.1) is 0 Å². The highest BCUT2D eigenvalue weighted by Crippen LogP contribution is 2.54. The Morgan fingerprint density at radius 3 is 1.54 bits per heavy atom. The molecule has 3 aromatic heterocycles. The zero-order valence-corrected chi connectivity index (χ0v) is 38.0. The summed E-state index contributed by atoms with van der Waals surface area (Å²) in [6, 6.07) is 78.0. The van der Waals surface area contributed by atoms with Crippen molar-refractivity contribution in [2.24, 2.45) is 0 Å². The van der Waals surface area contributed by atoms with Crippen LogP contribution in [0.15, 0.2) is 227 Å². The van der Waals surface area contributed by atoms with Crippen molar-refractivity contribution < 1.29 is 8.83 Å². The van der Waals surface area contributed by atoms with Gasteiger partial charge in [-0.2, -0.15) is 0 Å². The van der Waals surface area contributed by atoms with Crippen LogP contribution in [0.1, 0.15) is 25.0 Å². The Morgan fingerprint density at radius 1 is 0.319 bits per heavy atom. The maximum absolute atomic E-state index is 6.29. The van der Waals surface area contributed by atoms with Crippen LogP contribution in [0.25, 0.3) is 133 Å². The van der Waals surface area contributed by atoms with Crippen LogP contribution in [-0.2, 0) is 5.41 Å². The molecule has 4 nitrogen and oxygen atoms in total. The van der Waals surface area contributed by atoms with Crippen LogP contribution >= 0.6 is 0 Å². The van der Waals surface area contributed by atoms with Crippen molar-refractivity contribution >= 4 is 54.6 Å². The van der Waals surface area contributed by atoms with E-state index in [9.17, 15) is 0 Å². The van der Waals surface area contributed by atoms with Crippen LogP contribution in [0.4, 0.5) is 0 Å². The monoisotopic (exact) mass is 882 g/mol. The Labute approximate surface area is 398 Å². The highest BCUT2D eigenvalue weighted by Gasteiger charge is 2.37. The molecule has 4 heteroatoms. The predicted molar refractivity (Wildman–Crippen MR) is 284 cm³/mol. The lowest BCUT2D eigenvalue weighted by atomic mass is 9.81. The molecule has 1 aliphatic carbocycles. The van der Waals surface area contributed by atoms with E-state index in [1.54, 1.807) is 0 Å². The van der Waals surface area contributed by atoms with Crippen LogP contribution in [0.2, 0.25) is 0 Å². The van der Waals surface area contributed by atoms with Crippen molar-refractivity contribution in [3.05, 3.63) is 230 Å². The molecule has 0 bridgehead atoms. The lowest BCUT2D eigenvalue weighted by Gasteiger charge is -2.22. The Bertz CT molecular complexity index is 4100. The summed E-state index contributed by atoms with van der Waals surface area (Å²) in [4.78, 5) is 10.9. The third kappa shape index (κ3) is 6.29. The molecule has 0 saturated carbocycles. The molecule has 0 atom stereocenters. The van der Waals surface area contributed by atoms with Crippen LogP contribution in [-0.4, -0.2) is 9.97 Å². The smallest absolute Gasteiger partial charge is 0.160 e. The Hall–Kier alpha value is -8.86. The summed E-state index contributed by atoms with van der Waals surface area (Å²) < 4.78 is 12.6. The van der Waals surface area contributed by atoms with E-state index in [2.05, 4.69) is 202 Å². The van der Waals surface area contributed by atoms with Gasteiger partial charge in [0.05, 0.1) is 11.4 Å². The Balaban J connectivity index is 0.990. The van der Waals surface area contributed by atoms with Gasteiger partial charge in [0.25, 0.3) is 0 Å². The highest BCUT2D eigenvalue weighted by atomic mass is 16.3. The Morgan fingerprint density at radius 2 is 0.855 bits per heavy atom. The summed E-state index contributed by atoms with van der Waals surface area (Å²) in [5.41, 5.74) is 19.9. The van der Waals surface area contributed by atoms with Gasteiger partial charge >= 0.3 is 0 Å². The number of benzene rings is 10. The fourth-order valence-electron chi connectivity index (χ4n) is 11.0. The number of rotatable bonds is 6. The number of hydrogen-bond donors (Lipinski definition) is 0. The minimum Gasteiger partial charge on any atom is -0.456 e. The van der Waals surface area contributed by atoms with Gasteiger partial charge in [-0.1, -0.05) is 159 Å². The first kappa shape index (κ1) is 39.3. The highest BCUT2D eigenvalue weighted by molar-refractivity contribution is 6.08. The average molecular weight is 883 g/mol. The topological polar surface area (TPSA) is 52.1 Å². The third-order valence-corrected chi connectivity index (χ3v) is 14.5. The maximum atomic E-state index is 6.29. The molecule has 0 saturated heterocycles. The van der Waals surface area contributed by atoms with Gasteiger partial charge in [0, 0.05) is 43.7 Å². The molecule has 69 heavy (non-hydrogen) atoms. The van der Waals surface area contributed by atoms with Crippen molar-refractivity contribution in [3.63, 3.8) is 0 Å². The zero-order valence-electron chi connectivity index (χ0n) is 38.0. The van der Waals surface area contributed by atoms with Crippen molar-refractivity contribution in [2.45, 2.75) is 19.3 Å². The summed E-state index contributed by atoms with van der Waals surface area (Å²) in [6.45, 7) is 4.72. The predicted octanol–water partition coefficient (Wildman–Crippen LogP) is 17.7. The number of nitrogens with zero attached hydrogens (tertiary/aromatic N) is 2. The van der Waals surface area contributed by atoms with E-state index in [-0.39, 0.29) is 5.41 Å². The first-order valence-corrected chi connectivity index (χ1v) is 23.6. The molecule has 0 aliphatic heterocycles. The molecule has 0 radical (unpaired) electrons. The van der Waals surface area contributed by atoms with E-state index in [1.165, 1.54) is 38.6 Å². The average Bonchev–Trinajstić information content (AvgIpc) is 4.04. The van der Waals surface area contributed by atoms with Gasteiger partial charge in [0.15, 0.2) is 5.82 Å². The molecule has 0 fully saturated rings. The SMILES string of the molecule is CC1(C)c2cc3ccccc3cc2-c2c(-c3ccccc3-c3cc(-c4cc(-c5ccc6oc7ccccc7c6c5)cc(-c5ccc6oc7ccccc7c6c5)c4)nc(-c4ccccc4)n3)cccc21. The summed E-state index contributed by atoms with van der Waals surface area (Å²) in [7, 11) is 0. The molecule has 14 rings (SSSR count). The van der Waals surface area contributed by atoms with Crippen molar-refractivity contribution in [2.75, 3.05) is 0 Å². The lowest BCUT2D eigenvalue weighted by Crippen LogP contribution is -2.14. The van der Waals surface area contributed by atoms with E-state index in [4.69, 9.17) is 18.8 Å². The summed E-state index contributed by atoms with van der Waals surface area (Å²) in [5.74, 6) is 0.665. The molecule has 0 spiro atoms. The number of furan rings is 2. The number of hydrogen-bond acceptors (Lipinski definition) is 4. The molecule has 0 amide bonds. The van der Waals surface area contributed by atoms with Gasteiger partial charge in [-0.05, 0) is 139 Å². The second-order valence-corrected chi connectivity index (χ2v) is 18.9. The van der Waals surface area contributed by atoms with Crippen molar-refractivity contribution in [3.8, 4) is 78.4 Å². The Kier molecular flexibility index (Phi) is 8.59. The van der Waals surface area contributed by atoms with Gasteiger partial charge in [-0.3, -0.25) is 0 Å². The van der Waals surface area contributed by atoms with Gasteiger partial charge in [0.1, 0.15) is 22.3 Å². The normalized spacial score (nSPS) is 12.9. The first-order chi connectivity index (χ1) is 33.9. The van der Waals surface area contributed by atoms with Gasteiger partial charge in [-0.25, -0.2) is 9.97 Å². The largest absolute Gasteiger partial charge is 0.456 e. The second-order valence-electron chi connectivity index (χ2n) is 18.9. The van der Waals surface area contributed by atoms with Gasteiger partial charge in [0.2, 0.25) is 0 Å². The second kappa shape index (κ2) is 15.1. The standard InChI is InChI=1S/C65H42N2O2/c1-65(2)55-24-14-23-51(63(55)54-36-40-17-6-7-18-41(40)37-56(54)65)47-19-8-9-20-48(47)58-38-57(66-64(67-58)39-15-4-3-5-16-39)46-32-44(42-27-29-61-52(34-42)49-21-10-12-25-59(49)68-61)31-45(33-46)43-28-30-62-53(35-43)50-22-11-13-26-60(50)69-62/h3-38H,1-2H3. The van der Waals surface area contributed by atoms with Gasteiger partial charge < -0.3 is 8.83 Å². The van der Waals surface area contributed by atoms with Crippen LogP contribution < -0.4 is 0 Å². The summed E-state index contributed by atoms with van der Waals surface area (Å²) in [6.07, 6.45) is 0. The fraction of sp³-hybridized carbons (Fsp3) is 0.0462. The third-order valence-electron chi connectivity index (χ3n) is 14.5. The van der Waals surface area contributed by atoms with E-state index in [0.29, 0.717) is 5.82 Å².